The van der Waals surface area contributed by atoms with Crippen molar-refractivity contribution in [2.24, 2.45) is 0 Å². The molecule has 1 N–H and O–H groups in total. The highest BCUT2D eigenvalue weighted by Gasteiger charge is 2.30. The first kappa shape index (κ1) is 21.5. The molecule has 1 aromatic heterocycles. The number of carbonyl (C=O) groups is 1. The molecule has 1 fully saturated rings. The zero-order chi connectivity index (χ0) is 22.0. The molecule has 1 saturated heterocycles. The van der Waals surface area contributed by atoms with Gasteiger partial charge in [0.05, 0.1) is 23.9 Å². The number of amides is 1. The number of ether oxygens (including phenoxy) is 2. The van der Waals surface area contributed by atoms with Crippen LogP contribution in [0.15, 0.2) is 41.3 Å². The van der Waals surface area contributed by atoms with Crippen LogP contribution in [0.3, 0.4) is 0 Å². The normalized spacial score (nSPS) is 14.6. The number of fused-ring (bicyclic) bond motifs is 1. The first-order valence-electron chi connectivity index (χ1n) is 9.95. The Kier molecular flexibility index (Phi) is 6.12. The number of anilines is 1. The van der Waals surface area contributed by atoms with E-state index in [0.717, 1.165) is 28.8 Å². The van der Waals surface area contributed by atoms with Crippen molar-refractivity contribution in [3.63, 3.8) is 0 Å². The molecule has 0 saturated carbocycles. The number of carbonyl (C=O) groups excluding carboxylic acids is 1. The van der Waals surface area contributed by atoms with Crippen LogP contribution in [-0.2, 0) is 10.0 Å². The van der Waals surface area contributed by atoms with E-state index in [-0.39, 0.29) is 16.2 Å². The number of hydrogen-bond acceptors (Lipinski definition) is 7. The SMILES string of the molecule is CCOc1ccc2nc(NC(=O)c3ccc(OC)c(S(=O)(=O)N4CCCC4)c3)sc2c1. The van der Waals surface area contributed by atoms with Gasteiger partial charge in [-0.25, -0.2) is 13.4 Å². The van der Waals surface area contributed by atoms with Crippen LogP contribution in [0.5, 0.6) is 11.5 Å². The molecule has 0 radical (unpaired) electrons. The number of hydrogen-bond donors (Lipinski definition) is 1. The second kappa shape index (κ2) is 8.81. The predicted molar refractivity (Wildman–Crippen MR) is 120 cm³/mol. The lowest BCUT2D eigenvalue weighted by atomic mass is 10.2. The molecule has 0 unspecified atom stereocenters. The maximum atomic E-state index is 13.0. The van der Waals surface area contributed by atoms with Crippen LogP contribution in [0.1, 0.15) is 30.1 Å². The molecule has 1 aliphatic rings. The summed E-state index contributed by atoms with van der Waals surface area (Å²) in [5, 5.41) is 3.19. The number of aromatic nitrogens is 1. The molecule has 1 aliphatic heterocycles. The largest absolute Gasteiger partial charge is 0.495 e. The van der Waals surface area contributed by atoms with E-state index in [1.165, 1.54) is 41.0 Å². The third kappa shape index (κ3) is 4.36. The molecular weight excluding hydrogens is 438 g/mol. The Morgan fingerprint density at radius 3 is 2.68 bits per heavy atom. The van der Waals surface area contributed by atoms with Crippen LogP contribution in [0.25, 0.3) is 10.2 Å². The van der Waals surface area contributed by atoms with Crippen molar-refractivity contribution in [3.05, 3.63) is 42.0 Å². The number of nitrogens with zero attached hydrogens (tertiary/aromatic N) is 2. The Balaban J connectivity index is 1.61. The van der Waals surface area contributed by atoms with E-state index in [9.17, 15) is 13.2 Å². The van der Waals surface area contributed by atoms with Crippen molar-refractivity contribution in [3.8, 4) is 11.5 Å². The van der Waals surface area contributed by atoms with Gasteiger partial charge in [-0.3, -0.25) is 10.1 Å². The molecule has 2 aromatic carbocycles. The van der Waals surface area contributed by atoms with Gasteiger partial charge in [0.1, 0.15) is 16.4 Å². The van der Waals surface area contributed by atoms with Gasteiger partial charge in [0.15, 0.2) is 5.13 Å². The van der Waals surface area contributed by atoms with E-state index >= 15 is 0 Å². The summed E-state index contributed by atoms with van der Waals surface area (Å²) >= 11 is 1.32. The fourth-order valence-corrected chi connectivity index (χ4v) is 6.06. The molecule has 3 aromatic rings. The standard InChI is InChI=1S/C21H23N3O5S2/c1-3-29-15-7-8-16-18(13-15)30-21(22-16)23-20(25)14-6-9-17(28-2)19(12-14)31(26,27)24-10-4-5-11-24/h6-9,12-13H,3-5,10-11H2,1-2H3,(H,22,23,25). The summed E-state index contributed by atoms with van der Waals surface area (Å²) in [6.45, 7) is 3.41. The van der Waals surface area contributed by atoms with Crippen molar-refractivity contribution in [1.29, 1.82) is 0 Å². The Bertz CT molecular complexity index is 1220. The number of thiazole rings is 1. The third-order valence-electron chi connectivity index (χ3n) is 5.00. The van der Waals surface area contributed by atoms with Crippen LogP contribution < -0.4 is 14.8 Å². The Morgan fingerprint density at radius 1 is 1.19 bits per heavy atom. The summed E-state index contributed by atoms with van der Waals surface area (Å²) in [6, 6.07) is 9.95. The number of sulfonamides is 1. The maximum absolute atomic E-state index is 13.0. The fraction of sp³-hybridized carbons (Fsp3) is 0.333. The lowest BCUT2D eigenvalue weighted by Crippen LogP contribution is -2.28. The summed E-state index contributed by atoms with van der Waals surface area (Å²) in [4.78, 5) is 17.3. The van der Waals surface area contributed by atoms with Gasteiger partial charge in [-0.15, -0.1) is 0 Å². The van der Waals surface area contributed by atoms with Crippen molar-refractivity contribution < 1.29 is 22.7 Å². The lowest BCUT2D eigenvalue weighted by molar-refractivity contribution is 0.102. The van der Waals surface area contributed by atoms with Gasteiger partial charge < -0.3 is 9.47 Å². The molecular formula is C21H23N3O5S2. The molecule has 8 nitrogen and oxygen atoms in total. The quantitative estimate of drug-likeness (QED) is 0.576. The summed E-state index contributed by atoms with van der Waals surface area (Å²) in [5.74, 6) is 0.514. The van der Waals surface area contributed by atoms with Crippen molar-refractivity contribution >= 4 is 42.6 Å². The van der Waals surface area contributed by atoms with Crippen LogP contribution in [0, 0.1) is 0 Å². The highest BCUT2D eigenvalue weighted by Crippen LogP contribution is 2.32. The zero-order valence-electron chi connectivity index (χ0n) is 17.3. The average Bonchev–Trinajstić information content (AvgIpc) is 3.43. The Labute approximate surface area is 184 Å². The van der Waals surface area contributed by atoms with Gasteiger partial charge in [-0.05, 0) is 56.2 Å². The number of rotatable bonds is 7. The summed E-state index contributed by atoms with van der Waals surface area (Å²) in [5.41, 5.74) is 0.962. The van der Waals surface area contributed by atoms with Gasteiger partial charge >= 0.3 is 0 Å². The van der Waals surface area contributed by atoms with Crippen LogP contribution in [0.4, 0.5) is 5.13 Å². The van der Waals surface area contributed by atoms with Gasteiger partial charge in [0.2, 0.25) is 10.0 Å². The van der Waals surface area contributed by atoms with E-state index < -0.39 is 15.9 Å². The Morgan fingerprint density at radius 2 is 1.97 bits per heavy atom. The van der Waals surface area contributed by atoms with E-state index in [1.54, 1.807) is 0 Å². The van der Waals surface area contributed by atoms with Gasteiger partial charge in [0, 0.05) is 18.7 Å². The van der Waals surface area contributed by atoms with Crippen molar-refractivity contribution in [2.45, 2.75) is 24.7 Å². The zero-order valence-corrected chi connectivity index (χ0v) is 18.9. The van der Waals surface area contributed by atoms with E-state index in [0.29, 0.717) is 24.8 Å². The molecule has 0 bridgehead atoms. The van der Waals surface area contributed by atoms with Gasteiger partial charge in [-0.1, -0.05) is 11.3 Å². The predicted octanol–water partition coefficient (Wildman–Crippen LogP) is 3.74. The Hall–Kier alpha value is -2.69. The van der Waals surface area contributed by atoms with Gasteiger partial charge in [-0.2, -0.15) is 4.31 Å². The van der Waals surface area contributed by atoms with E-state index in [2.05, 4.69) is 10.3 Å². The molecule has 0 spiro atoms. The van der Waals surface area contributed by atoms with E-state index in [1.807, 2.05) is 25.1 Å². The molecule has 0 atom stereocenters. The first-order valence-corrected chi connectivity index (χ1v) is 12.2. The minimum Gasteiger partial charge on any atom is -0.495 e. The highest BCUT2D eigenvalue weighted by atomic mass is 32.2. The molecule has 2 heterocycles. The molecule has 31 heavy (non-hydrogen) atoms. The van der Waals surface area contributed by atoms with Crippen LogP contribution >= 0.6 is 11.3 Å². The molecule has 0 aliphatic carbocycles. The van der Waals surface area contributed by atoms with Gasteiger partial charge in [0.25, 0.3) is 5.91 Å². The van der Waals surface area contributed by atoms with Crippen LogP contribution in [-0.4, -0.2) is 50.4 Å². The molecule has 4 rings (SSSR count). The summed E-state index contributed by atoms with van der Waals surface area (Å²) in [6.07, 6.45) is 1.65. The average molecular weight is 462 g/mol. The summed E-state index contributed by atoms with van der Waals surface area (Å²) in [7, 11) is -2.33. The number of benzene rings is 2. The maximum Gasteiger partial charge on any atom is 0.257 e. The second-order valence-corrected chi connectivity index (χ2v) is 9.95. The third-order valence-corrected chi connectivity index (χ3v) is 7.85. The molecule has 1 amide bonds. The first-order chi connectivity index (χ1) is 14.9. The minimum atomic E-state index is -3.74. The minimum absolute atomic E-state index is 0.00444. The monoisotopic (exact) mass is 461 g/mol. The molecule has 10 heteroatoms. The highest BCUT2D eigenvalue weighted by molar-refractivity contribution is 7.89. The number of methoxy groups -OCH3 is 1. The smallest absolute Gasteiger partial charge is 0.257 e. The topological polar surface area (TPSA) is 97.8 Å². The molecule has 164 valence electrons. The van der Waals surface area contributed by atoms with Crippen molar-refractivity contribution in [1.82, 2.24) is 9.29 Å². The fourth-order valence-electron chi connectivity index (χ4n) is 3.47. The van der Waals surface area contributed by atoms with Crippen LogP contribution in [0.2, 0.25) is 0 Å². The second-order valence-electron chi connectivity index (χ2n) is 7.01. The number of nitrogens with one attached hydrogen (secondary N) is 1. The summed E-state index contributed by atoms with van der Waals surface area (Å²) < 4.78 is 39.2. The lowest BCUT2D eigenvalue weighted by Gasteiger charge is -2.18. The van der Waals surface area contributed by atoms with Crippen molar-refractivity contribution in [2.75, 3.05) is 32.1 Å². The van der Waals surface area contributed by atoms with E-state index in [4.69, 9.17) is 9.47 Å².